The fraction of sp³-hybridized carbons (Fsp3) is 1.00. The van der Waals surface area contributed by atoms with Crippen LogP contribution < -0.4 is 0 Å². The lowest BCUT2D eigenvalue weighted by Gasteiger charge is -2.40. The van der Waals surface area contributed by atoms with E-state index in [4.69, 9.17) is 0 Å². The number of alkyl halides is 4. The van der Waals surface area contributed by atoms with Crippen molar-refractivity contribution >= 4 is 0 Å². The average molecular weight is 819 g/mol. The van der Waals surface area contributed by atoms with Gasteiger partial charge in [0.25, 0.3) is 0 Å². The Morgan fingerprint density at radius 2 is 0.386 bits per heavy atom. The molecule has 4 atom stereocenters. The first-order valence-corrected chi connectivity index (χ1v) is 26.2. The van der Waals surface area contributed by atoms with Gasteiger partial charge in [-0.1, -0.05) is 207 Å². The normalized spacial score (nSPS) is 15.2. The molecule has 0 fully saturated rings. The fourth-order valence-electron chi connectivity index (χ4n) is 9.13. The van der Waals surface area contributed by atoms with Crippen molar-refractivity contribution in [3.8, 4) is 0 Å². The van der Waals surface area contributed by atoms with Gasteiger partial charge in [-0.25, -0.2) is 17.6 Å². The molecule has 0 spiro atoms. The van der Waals surface area contributed by atoms with E-state index in [0.717, 1.165) is 108 Å². The summed E-state index contributed by atoms with van der Waals surface area (Å²) >= 11 is 0. The second kappa shape index (κ2) is 43.8. The Labute approximate surface area is 356 Å². The van der Waals surface area contributed by atoms with Crippen LogP contribution >= 0.6 is 0 Å². The molecule has 0 saturated heterocycles. The summed E-state index contributed by atoms with van der Waals surface area (Å²) in [6.07, 6.45) is 38.7. The van der Waals surface area contributed by atoms with Crippen molar-refractivity contribution in [1.82, 2.24) is 0 Å². The number of unbranched alkanes of at least 4 members (excludes halogenated alkanes) is 24. The standard InChI is InChI=1S/C52H104F4N/c1-5-9-13-17-21-25-29-37-49(53)41-33-45-57(46-34-42-50(54)38-30-26-22-18-14-10-6-2,47-35-43-51(55)39-31-27-23-19-15-11-7-3)48-36-44-52(56)40-32-28-24-20-16-12-8-4/h49-52H,5-48H2,1-4H3/q+1. The van der Waals surface area contributed by atoms with Gasteiger partial charge >= 0.3 is 0 Å². The van der Waals surface area contributed by atoms with Gasteiger partial charge in [0.15, 0.2) is 0 Å². The van der Waals surface area contributed by atoms with E-state index >= 15 is 17.6 Å². The molecule has 5 heteroatoms. The van der Waals surface area contributed by atoms with E-state index in [0.29, 0.717) is 51.4 Å². The summed E-state index contributed by atoms with van der Waals surface area (Å²) < 4.78 is 61.7. The van der Waals surface area contributed by atoms with Gasteiger partial charge in [-0.3, -0.25) is 0 Å². The van der Waals surface area contributed by atoms with Crippen LogP contribution in [0.1, 0.15) is 285 Å². The minimum atomic E-state index is -0.769. The van der Waals surface area contributed by atoms with E-state index in [1.165, 1.54) is 128 Å². The van der Waals surface area contributed by atoms with Crippen LogP contribution in [0.4, 0.5) is 17.6 Å². The van der Waals surface area contributed by atoms with E-state index in [2.05, 4.69) is 27.7 Å². The molecular formula is C52H104F4N+. The van der Waals surface area contributed by atoms with Gasteiger partial charge in [-0.2, -0.15) is 0 Å². The van der Waals surface area contributed by atoms with Gasteiger partial charge in [0, 0.05) is 0 Å². The first-order valence-electron chi connectivity index (χ1n) is 26.2. The summed E-state index contributed by atoms with van der Waals surface area (Å²) in [6.45, 7) is 12.4. The smallest absolute Gasteiger partial charge is 0.100 e. The molecular weight excluding hydrogens is 715 g/mol. The Hall–Kier alpha value is -0.320. The van der Waals surface area contributed by atoms with Crippen LogP contribution in [-0.2, 0) is 0 Å². The Morgan fingerprint density at radius 1 is 0.228 bits per heavy atom. The average Bonchev–Trinajstić information content (AvgIpc) is 3.19. The van der Waals surface area contributed by atoms with Crippen molar-refractivity contribution < 1.29 is 22.0 Å². The highest BCUT2D eigenvalue weighted by Gasteiger charge is 2.28. The molecule has 0 aliphatic carbocycles. The maximum atomic E-state index is 15.2. The van der Waals surface area contributed by atoms with Crippen molar-refractivity contribution in [3.05, 3.63) is 0 Å². The Kier molecular flexibility index (Phi) is 43.5. The quantitative estimate of drug-likeness (QED) is 0.0326. The Bertz CT molecular complexity index is 639. The molecule has 0 rings (SSSR count). The van der Waals surface area contributed by atoms with Gasteiger partial charge in [-0.05, 0) is 77.0 Å². The molecule has 0 radical (unpaired) electrons. The van der Waals surface area contributed by atoms with Crippen molar-refractivity contribution in [1.29, 1.82) is 0 Å². The van der Waals surface area contributed by atoms with E-state index in [1.54, 1.807) is 0 Å². The number of quaternary nitrogens is 1. The number of hydrogen-bond donors (Lipinski definition) is 0. The van der Waals surface area contributed by atoms with Crippen LogP contribution in [0.15, 0.2) is 0 Å². The SMILES string of the molecule is CCCCCCCCCC(F)CCC[N+](CCCC(F)CCCCCCCCC)(CCCC(F)CCCCCCCCC)CCCC(F)CCCCCCCCC. The second-order valence-electron chi connectivity index (χ2n) is 18.8. The van der Waals surface area contributed by atoms with Crippen molar-refractivity contribution in [3.63, 3.8) is 0 Å². The highest BCUT2D eigenvalue weighted by molar-refractivity contribution is 4.65. The lowest BCUT2D eigenvalue weighted by molar-refractivity contribution is -0.929. The maximum absolute atomic E-state index is 15.2. The van der Waals surface area contributed by atoms with Gasteiger partial charge in [0.05, 0.1) is 26.2 Å². The van der Waals surface area contributed by atoms with Gasteiger partial charge < -0.3 is 4.48 Å². The lowest BCUT2D eigenvalue weighted by atomic mass is 10.0. The molecule has 0 aliphatic rings. The summed E-state index contributed by atoms with van der Waals surface area (Å²) in [4.78, 5) is 0. The highest BCUT2D eigenvalue weighted by Crippen LogP contribution is 2.24. The fourth-order valence-corrected chi connectivity index (χ4v) is 9.13. The molecule has 0 aliphatic heterocycles. The number of hydrogen-bond acceptors (Lipinski definition) is 0. The molecule has 0 N–H and O–H groups in total. The van der Waals surface area contributed by atoms with Crippen LogP contribution in [0.2, 0.25) is 0 Å². The molecule has 0 amide bonds. The predicted octanol–water partition coefficient (Wildman–Crippen LogP) is 18.8. The van der Waals surface area contributed by atoms with Crippen LogP contribution in [0, 0.1) is 0 Å². The first-order chi connectivity index (χ1) is 27.8. The third-order valence-electron chi connectivity index (χ3n) is 13.1. The molecule has 0 aromatic heterocycles. The Morgan fingerprint density at radius 3 is 0.579 bits per heavy atom. The minimum Gasteiger partial charge on any atom is -0.324 e. The Balaban J connectivity index is 5.37. The van der Waals surface area contributed by atoms with Crippen LogP contribution in [0.3, 0.4) is 0 Å². The zero-order chi connectivity index (χ0) is 41.9. The van der Waals surface area contributed by atoms with E-state index in [1.807, 2.05) is 0 Å². The van der Waals surface area contributed by atoms with Crippen molar-refractivity contribution in [2.24, 2.45) is 0 Å². The summed E-state index contributed by atoms with van der Waals surface area (Å²) in [5.74, 6) is 0. The third-order valence-corrected chi connectivity index (χ3v) is 13.1. The summed E-state index contributed by atoms with van der Waals surface area (Å²) in [5, 5.41) is 0. The zero-order valence-corrected chi connectivity index (χ0v) is 39.4. The molecule has 57 heavy (non-hydrogen) atoms. The van der Waals surface area contributed by atoms with Crippen molar-refractivity contribution in [2.75, 3.05) is 26.2 Å². The van der Waals surface area contributed by atoms with Crippen molar-refractivity contribution in [2.45, 2.75) is 309 Å². The van der Waals surface area contributed by atoms with Crippen LogP contribution in [0.25, 0.3) is 0 Å². The molecule has 0 aromatic rings. The molecule has 0 saturated carbocycles. The lowest BCUT2D eigenvalue weighted by Crippen LogP contribution is -2.51. The summed E-state index contributed by atoms with van der Waals surface area (Å²) in [5.41, 5.74) is 0. The van der Waals surface area contributed by atoms with Gasteiger partial charge in [0.1, 0.15) is 24.7 Å². The molecule has 344 valence electrons. The van der Waals surface area contributed by atoms with E-state index < -0.39 is 24.7 Å². The summed E-state index contributed by atoms with van der Waals surface area (Å²) in [6, 6.07) is 0. The number of rotatable bonds is 48. The molecule has 0 aromatic carbocycles. The molecule has 4 unspecified atom stereocenters. The first kappa shape index (κ1) is 56.7. The highest BCUT2D eigenvalue weighted by atomic mass is 19.1. The predicted molar refractivity (Wildman–Crippen MR) is 247 cm³/mol. The number of halogens is 4. The molecule has 1 nitrogen and oxygen atoms in total. The monoisotopic (exact) mass is 819 g/mol. The van der Waals surface area contributed by atoms with E-state index in [-0.39, 0.29) is 0 Å². The summed E-state index contributed by atoms with van der Waals surface area (Å²) in [7, 11) is 0. The minimum absolute atomic E-state index is 0.577. The van der Waals surface area contributed by atoms with Crippen LogP contribution in [0.5, 0.6) is 0 Å². The molecule has 0 heterocycles. The maximum Gasteiger partial charge on any atom is 0.100 e. The van der Waals surface area contributed by atoms with E-state index in [9.17, 15) is 0 Å². The van der Waals surface area contributed by atoms with Gasteiger partial charge in [-0.15, -0.1) is 0 Å². The zero-order valence-electron chi connectivity index (χ0n) is 39.4. The third kappa shape index (κ3) is 39.6. The molecule has 0 bridgehead atoms. The second-order valence-corrected chi connectivity index (χ2v) is 18.8. The van der Waals surface area contributed by atoms with Crippen LogP contribution in [-0.4, -0.2) is 55.3 Å². The largest absolute Gasteiger partial charge is 0.324 e. The topological polar surface area (TPSA) is 0 Å². The number of nitrogens with zero attached hydrogens (tertiary/aromatic N) is 1. The van der Waals surface area contributed by atoms with Gasteiger partial charge in [0.2, 0.25) is 0 Å².